The van der Waals surface area contributed by atoms with Crippen LogP contribution in [0.25, 0.3) is 0 Å². The first-order valence-corrected chi connectivity index (χ1v) is 9.04. The number of nitrogens with zero attached hydrogens (tertiary/aromatic N) is 3. The second-order valence-corrected chi connectivity index (χ2v) is 7.59. The van der Waals surface area contributed by atoms with E-state index in [0.29, 0.717) is 18.5 Å². The predicted octanol–water partition coefficient (Wildman–Crippen LogP) is 1.54. The first kappa shape index (κ1) is 16.2. The van der Waals surface area contributed by atoms with E-state index in [2.05, 4.69) is 14.9 Å². The summed E-state index contributed by atoms with van der Waals surface area (Å²) >= 11 is 0. The van der Waals surface area contributed by atoms with Gasteiger partial charge in [0.15, 0.2) is 0 Å². The largest absolute Gasteiger partial charge is 0.463 e. The van der Waals surface area contributed by atoms with Crippen LogP contribution < -0.4 is 4.74 Å². The zero-order valence-corrected chi connectivity index (χ0v) is 14.4. The van der Waals surface area contributed by atoms with Gasteiger partial charge in [0.05, 0.1) is 13.2 Å². The summed E-state index contributed by atoms with van der Waals surface area (Å²) < 4.78 is 17.2. The van der Waals surface area contributed by atoms with Gasteiger partial charge in [-0.2, -0.15) is 0 Å². The fourth-order valence-electron chi connectivity index (χ4n) is 4.28. The van der Waals surface area contributed by atoms with Crippen molar-refractivity contribution in [3.05, 3.63) is 18.0 Å². The summed E-state index contributed by atoms with van der Waals surface area (Å²) in [6, 6.07) is 2.37. The van der Waals surface area contributed by atoms with E-state index >= 15 is 0 Å². The third kappa shape index (κ3) is 3.41. The summed E-state index contributed by atoms with van der Waals surface area (Å²) in [5.41, 5.74) is 1.03. The SMILES string of the molecule is Cc1ccnc(OC[C@]23COC[C@H]2CN(CC2CCOCC2)C3)n1. The van der Waals surface area contributed by atoms with Crippen molar-refractivity contribution in [2.75, 3.05) is 52.7 Å². The molecule has 0 unspecified atom stereocenters. The number of rotatable bonds is 5. The van der Waals surface area contributed by atoms with E-state index in [0.717, 1.165) is 51.1 Å². The predicted molar refractivity (Wildman–Crippen MR) is 89.0 cm³/mol. The van der Waals surface area contributed by atoms with Gasteiger partial charge in [0, 0.05) is 56.1 Å². The fourth-order valence-corrected chi connectivity index (χ4v) is 4.28. The van der Waals surface area contributed by atoms with E-state index in [1.807, 2.05) is 13.0 Å². The zero-order chi connectivity index (χ0) is 16.4. The maximum absolute atomic E-state index is 5.96. The fraction of sp³-hybridized carbons (Fsp3) is 0.778. The number of hydrogen-bond acceptors (Lipinski definition) is 6. The molecule has 3 saturated heterocycles. The normalized spacial score (nSPS) is 31.3. The summed E-state index contributed by atoms with van der Waals surface area (Å²) in [4.78, 5) is 11.2. The molecule has 3 aliphatic heterocycles. The zero-order valence-electron chi connectivity index (χ0n) is 14.4. The Morgan fingerprint density at radius 2 is 2.21 bits per heavy atom. The molecule has 6 heteroatoms. The van der Waals surface area contributed by atoms with E-state index in [4.69, 9.17) is 14.2 Å². The lowest BCUT2D eigenvalue weighted by atomic mass is 9.82. The molecule has 1 aromatic rings. The van der Waals surface area contributed by atoms with E-state index in [-0.39, 0.29) is 5.41 Å². The van der Waals surface area contributed by atoms with E-state index in [9.17, 15) is 0 Å². The molecule has 0 spiro atoms. The topological polar surface area (TPSA) is 56.7 Å². The molecule has 132 valence electrons. The average molecular weight is 333 g/mol. The Labute approximate surface area is 143 Å². The Morgan fingerprint density at radius 1 is 1.33 bits per heavy atom. The first-order chi connectivity index (χ1) is 11.7. The highest BCUT2D eigenvalue weighted by Crippen LogP contribution is 2.42. The van der Waals surface area contributed by atoms with Crippen LogP contribution in [0.3, 0.4) is 0 Å². The molecule has 4 rings (SSSR count). The highest BCUT2D eigenvalue weighted by molar-refractivity contribution is 5.05. The molecule has 0 bridgehead atoms. The summed E-state index contributed by atoms with van der Waals surface area (Å²) in [5.74, 6) is 1.33. The number of aromatic nitrogens is 2. The molecule has 0 aliphatic carbocycles. The maximum Gasteiger partial charge on any atom is 0.316 e. The molecule has 3 aliphatic rings. The van der Waals surface area contributed by atoms with Gasteiger partial charge < -0.3 is 19.1 Å². The van der Waals surface area contributed by atoms with Crippen molar-refractivity contribution in [2.24, 2.45) is 17.3 Å². The van der Waals surface area contributed by atoms with Crippen molar-refractivity contribution in [2.45, 2.75) is 19.8 Å². The van der Waals surface area contributed by atoms with Gasteiger partial charge >= 0.3 is 6.01 Å². The van der Waals surface area contributed by atoms with E-state index in [1.54, 1.807) is 6.20 Å². The molecule has 6 nitrogen and oxygen atoms in total. The highest BCUT2D eigenvalue weighted by Gasteiger charge is 2.51. The van der Waals surface area contributed by atoms with Gasteiger partial charge in [-0.15, -0.1) is 0 Å². The second-order valence-electron chi connectivity index (χ2n) is 7.59. The molecule has 0 radical (unpaired) electrons. The van der Waals surface area contributed by atoms with E-state index in [1.165, 1.54) is 19.4 Å². The molecular formula is C18H27N3O3. The number of fused-ring (bicyclic) bond motifs is 1. The molecule has 0 aromatic carbocycles. The molecule has 0 N–H and O–H groups in total. The Hall–Kier alpha value is -1.24. The maximum atomic E-state index is 5.96. The molecule has 4 heterocycles. The molecule has 0 saturated carbocycles. The second kappa shape index (κ2) is 6.94. The van der Waals surface area contributed by atoms with Crippen molar-refractivity contribution >= 4 is 0 Å². The molecule has 2 atom stereocenters. The average Bonchev–Trinajstić information content (AvgIpc) is 3.11. The summed E-state index contributed by atoms with van der Waals surface area (Å²) in [5, 5.41) is 0. The minimum Gasteiger partial charge on any atom is -0.463 e. The molecule has 1 aromatic heterocycles. The lowest BCUT2D eigenvalue weighted by molar-refractivity contribution is 0.0466. The van der Waals surface area contributed by atoms with Crippen LogP contribution >= 0.6 is 0 Å². The summed E-state index contributed by atoms with van der Waals surface area (Å²) in [6.45, 7) is 9.44. The van der Waals surface area contributed by atoms with Crippen molar-refractivity contribution in [1.29, 1.82) is 0 Å². The van der Waals surface area contributed by atoms with Crippen LogP contribution in [-0.2, 0) is 9.47 Å². The van der Waals surface area contributed by atoms with Gasteiger partial charge in [-0.05, 0) is 31.7 Å². The van der Waals surface area contributed by atoms with Crippen LogP contribution in [0, 0.1) is 24.2 Å². The monoisotopic (exact) mass is 333 g/mol. The van der Waals surface area contributed by atoms with Gasteiger partial charge in [-0.1, -0.05) is 0 Å². The minimum atomic E-state index is 0.0955. The molecule has 3 fully saturated rings. The lowest BCUT2D eigenvalue weighted by Crippen LogP contribution is -2.38. The Balaban J connectivity index is 1.37. The van der Waals surface area contributed by atoms with Gasteiger partial charge in [0.25, 0.3) is 0 Å². The Kier molecular flexibility index (Phi) is 4.70. The van der Waals surface area contributed by atoms with E-state index < -0.39 is 0 Å². The third-order valence-electron chi connectivity index (χ3n) is 5.71. The van der Waals surface area contributed by atoms with Crippen LogP contribution in [0.15, 0.2) is 12.3 Å². The quantitative estimate of drug-likeness (QED) is 0.815. The number of ether oxygens (including phenoxy) is 3. The first-order valence-electron chi connectivity index (χ1n) is 9.04. The van der Waals surface area contributed by atoms with Crippen molar-refractivity contribution in [3.63, 3.8) is 0 Å². The van der Waals surface area contributed by atoms with Crippen LogP contribution in [0.5, 0.6) is 6.01 Å². The van der Waals surface area contributed by atoms with Crippen molar-refractivity contribution in [1.82, 2.24) is 14.9 Å². The minimum absolute atomic E-state index is 0.0955. The summed E-state index contributed by atoms with van der Waals surface area (Å²) in [6.07, 6.45) is 4.14. The van der Waals surface area contributed by atoms with Crippen molar-refractivity contribution in [3.8, 4) is 6.01 Å². The van der Waals surface area contributed by atoms with Gasteiger partial charge in [-0.3, -0.25) is 0 Å². The van der Waals surface area contributed by atoms with Gasteiger partial charge in [0.1, 0.15) is 6.61 Å². The Bertz CT molecular complexity index is 564. The lowest BCUT2D eigenvalue weighted by Gasteiger charge is -2.29. The number of likely N-dealkylation sites (tertiary alicyclic amines) is 1. The molecule has 0 amide bonds. The molecule has 24 heavy (non-hydrogen) atoms. The highest BCUT2D eigenvalue weighted by atomic mass is 16.5. The van der Waals surface area contributed by atoms with Gasteiger partial charge in [-0.25, -0.2) is 9.97 Å². The van der Waals surface area contributed by atoms with Crippen molar-refractivity contribution < 1.29 is 14.2 Å². The standard InChI is InChI=1S/C18H27N3O3/c1-14-2-5-19-17(20-14)24-13-18-11-21(9-16(18)10-23-12-18)8-15-3-6-22-7-4-15/h2,5,15-16H,3-4,6-13H2,1H3/t16-,18+/m1/s1. The number of aryl methyl sites for hydroxylation is 1. The number of hydrogen-bond donors (Lipinski definition) is 0. The van der Waals surface area contributed by atoms with Gasteiger partial charge in [0.2, 0.25) is 0 Å². The third-order valence-corrected chi connectivity index (χ3v) is 5.71. The van der Waals surface area contributed by atoms with Crippen LogP contribution in [0.1, 0.15) is 18.5 Å². The summed E-state index contributed by atoms with van der Waals surface area (Å²) in [7, 11) is 0. The van der Waals surface area contributed by atoms with Crippen LogP contribution in [0.4, 0.5) is 0 Å². The molecular weight excluding hydrogens is 306 g/mol. The van der Waals surface area contributed by atoms with Crippen LogP contribution in [0.2, 0.25) is 0 Å². The van der Waals surface area contributed by atoms with Crippen LogP contribution in [-0.4, -0.2) is 67.5 Å². The smallest absolute Gasteiger partial charge is 0.316 e. The Morgan fingerprint density at radius 3 is 3.04 bits per heavy atom.